The molecule has 2 rings (SSSR count). The molecule has 0 spiro atoms. The summed E-state index contributed by atoms with van der Waals surface area (Å²) in [5.41, 5.74) is 1.14. The molecule has 0 aliphatic carbocycles. The largest absolute Gasteiger partial charge is 0.478 e. The molecular weight excluding hydrogens is 258 g/mol. The lowest BCUT2D eigenvalue weighted by Crippen LogP contribution is -2.04. The summed E-state index contributed by atoms with van der Waals surface area (Å²) in [5.74, 6) is -1.39. The van der Waals surface area contributed by atoms with Gasteiger partial charge in [-0.05, 0) is 19.1 Å². The fourth-order valence-corrected chi connectivity index (χ4v) is 1.67. The lowest BCUT2D eigenvalue weighted by molar-refractivity contribution is -0.0527. The van der Waals surface area contributed by atoms with Gasteiger partial charge in [-0.15, -0.1) is 0 Å². The van der Waals surface area contributed by atoms with Gasteiger partial charge in [0.05, 0.1) is 17.0 Å². The van der Waals surface area contributed by atoms with Gasteiger partial charge in [-0.2, -0.15) is 8.78 Å². The summed E-state index contributed by atoms with van der Waals surface area (Å²) in [4.78, 5) is 17.8. The molecule has 0 aliphatic heterocycles. The highest BCUT2D eigenvalue weighted by molar-refractivity contribution is 5.94. The van der Waals surface area contributed by atoms with Crippen LogP contribution in [0.5, 0.6) is 5.88 Å². The number of aryl methyl sites for hydroxylation is 1. The van der Waals surface area contributed by atoms with E-state index in [4.69, 9.17) is 5.11 Å². The summed E-state index contributed by atoms with van der Waals surface area (Å²) in [7, 11) is 0. The van der Waals surface area contributed by atoms with Crippen LogP contribution in [0.3, 0.4) is 0 Å². The van der Waals surface area contributed by atoms with Gasteiger partial charge in [-0.25, -0.2) is 9.78 Å². The standard InChI is InChI=1S/C12H10F2N2O3/c1-6-5-7(11(17)18)10(15-6)8-3-2-4-9(16-8)19-12(13)14/h2-5,12,15H,1H3,(H,17,18). The molecule has 0 saturated heterocycles. The molecule has 0 radical (unpaired) electrons. The van der Waals surface area contributed by atoms with Gasteiger partial charge in [0.15, 0.2) is 0 Å². The van der Waals surface area contributed by atoms with Gasteiger partial charge in [-0.1, -0.05) is 6.07 Å². The fraction of sp³-hybridized carbons (Fsp3) is 0.167. The first-order chi connectivity index (χ1) is 8.97. The molecule has 0 aliphatic rings. The summed E-state index contributed by atoms with van der Waals surface area (Å²) in [6.45, 7) is -1.29. The van der Waals surface area contributed by atoms with Crippen LogP contribution in [0.2, 0.25) is 0 Å². The molecule has 2 N–H and O–H groups in total. The molecule has 0 saturated carbocycles. The molecule has 2 aromatic rings. The summed E-state index contributed by atoms with van der Waals surface area (Å²) < 4.78 is 28.4. The third kappa shape index (κ3) is 2.87. The molecule has 100 valence electrons. The van der Waals surface area contributed by atoms with Crippen molar-refractivity contribution < 1.29 is 23.4 Å². The van der Waals surface area contributed by atoms with E-state index in [0.29, 0.717) is 5.69 Å². The molecule has 5 nitrogen and oxygen atoms in total. The number of aromatic carboxylic acids is 1. The van der Waals surface area contributed by atoms with Crippen molar-refractivity contribution in [3.05, 3.63) is 35.5 Å². The van der Waals surface area contributed by atoms with E-state index in [1.165, 1.54) is 24.3 Å². The van der Waals surface area contributed by atoms with Crippen LogP contribution in [0, 0.1) is 6.92 Å². The maximum Gasteiger partial charge on any atom is 0.388 e. The number of H-pyrrole nitrogens is 1. The van der Waals surface area contributed by atoms with Crippen LogP contribution in [-0.2, 0) is 0 Å². The van der Waals surface area contributed by atoms with Gasteiger partial charge in [-0.3, -0.25) is 0 Å². The number of pyridine rings is 1. The molecule has 0 aromatic carbocycles. The second-order valence-corrected chi connectivity index (χ2v) is 3.79. The Balaban J connectivity index is 2.44. The van der Waals surface area contributed by atoms with Crippen LogP contribution in [0.4, 0.5) is 8.78 Å². The van der Waals surface area contributed by atoms with Crippen LogP contribution in [0.25, 0.3) is 11.4 Å². The van der Waals surface area contributed by atoms with Crippen molar-refractivity contribution in [2.45, 2.75) is 13.5 Å². The number of carboxylic acids is 1. The molecule has 0 fully saturated rings. The monoisotopic (exact) mass is 268 g/mol. The van der Waals surface area contributed by atoms with E-state index in [-0.39, 0.29) is 22.8 Å². The maximum absolute atomic E-state index is 12.1. The smallest absolute Gasteiger partial charge is 0.388 e. The molecule has 0 atom stereocenters. The molecule has 0 amide bonds. The van der Waals surface area contributed by atoms with E-state index < -0.39 is 12.6 Å². The van der Waals surface area contributed by atoms with E-state index in [1.54, 1.807) is 6.92 Å². The highest BCUT2D eigenvalue weighted by Gasteiger charge is 2.16. The van der Waals surface area contributed by atoms with Crippen LogP contribution < -0.4 is 4.74 Å². The zero-order chi connectivity index (χ0) is 14.0. The molecule has 7 heteroatoms. The first-order valence-electron chi connectivity index (χ1n) is 5.32. The van der Waals surface area contributed by atoms with Gasteiger partial charge in [0.25, 0.3) is 0 Å². The van der Waals surface area contributed by atoms with Gasteiger partial charge in [0.1, 0.15) is 0 Å². The van der Waals surface area contributed by atoms with Crippen molar-refractivity contribution in [2.75, 3.05) is 0 Å². The van der Waals surface area contributed by atoms with E-state index in [1.807, 2.05) is 0 Å². The average molecular weight is 268 g/mol. The predicted octanol–water partition coefficient (Wildman–Crippen LogP) is 2.68. The number of carbonyl (C=O) groups is 1. The topological polar surface area (TPSA) is 75.2 Å². The zero-order valence-electron chi connectivity index (χ0n) is 9.85. The Labute approximate surface area is 106 Å². The molecule has 19 heavy (non-hydrogen) atoms. The number of nitrogens with zero attached hydrogens (tertiary/aromatic N) is 1. The molecule has 2 heterocycles. The summed E-state index contributed by atoms with van der Waals surface area (Å²) in [5, 5.41) is 9.06. The Kier molecular flexibility index (Phi) is 3.46. The number of halogens is 2. The summed E-state index contributed by atoms with van der Waals surface area (Å²) >= 11 is 0. The zero-order valence-corrected chi connectivity index (χ0v) is 9.85. The van der Waals surface area contributed by atoms with Crippen LogP contribution in [0.15, 0.2) is 24.3 Å². The molecule has 2 aromatic heterocycles. The van der Waals surface area contributed by atoms with Crippen molar-refractivity contribution >= 4 is 5.97 Å². The second-order valence-electron chi connectivity index (χ2n) is 3.79. The normalized spacial score (nSPS) is 10.7. The Bertz CT molecular complexity index is 611. The van der Waals surface area contributed by atoms with Gasteiger partial charge < -0.3 is 14.8 Å². The number of nitrogens with one attached hydrogen (secondary N) is 1. The van der Waals surface area contributed by atoms with Gasteiger partial charge >= 0.3 is 12.6 Å². The second kappa shape index (κ2) is 5.05. The van der Waals surface area contributed by atoms with Gasteiger partial charge in [0, 0.05) is 11.8 Å². The molecule has 0 unspecified atom stereocenters. The van der Waals surface area contributed by atoms with E-state index in [2.05, 4.69) is 14.7 Å². The Morgan fingerprint density at radius 1 is 1.47 bits per heavy atom. The third-order valence-corrected chi connectivity index (χ3v) is 2.37. The number of rotatable bonds is 4. The maximum atomic E-state index is 12.1. The Morgan fingerprint density at radius 2 is 2.21 bits per heavy atom. The van der Waals surface area contributed by atoms with Crippen molar-refractivity contribution in [3.63, 3.8) is 0 Å². The van der Waals surface area contributed by atoms with Crippen LogP contribution in [0.1, 0.15) is 16.1 Å². The van der Waals surface area contributed by atoms with Crippen LogP contribution in [-0.4, -0.2) is 27.7 Å². The van der Waals surface area contributed by atoms with Crippen LogP contribution >= 0.6 is 0 Å². The fourth-order valence-electron chi connectivity index (χ4n) is 1.67. The number of ether oxygens (including phenoxy) is 1. The average Bonchev–Trinajstić information content (AvgIpc) is 2.71. The lowest BCUT2D eigenvalue weighted by Gasteiger charge is -2.05. The number of hydrogen-bond acceptors (Lipinski definition) is 3. The highest BCUT2D eigenvalue weighted by Crippen LogP contribution is 2.24. The van der Waals surface area contributed by atoms with E-state index in [0.717, 1.165) is 0 Å². The Morgan fingerprint density at radius 3 is 2.84 bits per heavy atom. The van der Waals surface area contributed by atoms with E-state index >= 15 is 0 Å². The number of aromatic amines is 1. The minimum absolute atomic E-state index is 0.0270. The number of aromatic nitrogens is 2. The first kappa shape index (κ1) is 13.0. The number of carboxylic acid groups (broad SMARTS) is 1. The first-order valence-corrected chi connectivity index (χ1v) is 5.32. The van der Waals surface area contributed by atoms with Crippen molar-refractivity contribution in [1.82, 2.24) is 9.97 Å². The van der Waals surface area contributed by atoms with Gasteiger partial charge in [0.2, 0.25) is 5.88 Å². The minimum Gasteiger partial charge on any atom is -0.478 e. The molecule has 0 bridgehead atoms. The predicted molar refractivity (Wildman–Crippen MR) is 62.4 cm³/mol. The lowest BCUT2D eigenvalue weighted by atomic mass is 10.2. The van der Waals surface area contributed by atoms with E-state index in [9.17, 15) is 13.6 Å². The quantitative estimate of drug-likeness (QED) is 0.893. The number of hydrogen-bond donors (Lipinski definition) is 2. The minimum atomic E-state index is -2.98. The van der Waals surface area contributed by atoms with Crippen molar-refractivity contribution in [1.29, 1.82) is 0 Å². The molecular formula is C12H10F2N2O3. The SMILES string of the molecule is Cc1cc(C(=O)O)c(-c2cccc(OC(F)F)n2)[nH]1. The van der Waals surface area contributed by atoms with Crippen molar-refractivity contribution in [2.24, 2.45) is 0 Å². The Hall–Kier alpha value is -2.44. The summed E-state index contributed by atoms with van der Waals surface area (Å²) in [6, 6.07) is 5.68. The third-order valence-electron chi connectivity index (χ3n) is 2.37. The van der Waals surface area contributed by atoms with Crippen molar-refractivity contribution in [3.8, 4) is 17.3 Å². The number of alkyl halides is 2. The summed E-state index contributed by atoms with van der Waals surface area (Å²) in [6.07, 6.45) is 0. The highest BCUT2D eigenvalue weighted by atomic mass is 19.3.